The maximum absolute atomic E-state index is 12.2. The van der Waals surface area contributed by atoms with Gasteiger partial charge in [0.2, 0.25) is 0 Å². The minimum absolute atomic E-state index is 0.0796. The zero-order valence-corrected chi connectivity index (χ0v) is 12.6. The molecule has 9 heteroatoms. The molecular weight excluding hydrogens is 326 g/mol. The molecule has 0 aliphatic heterocycles. The molecule has 0 atom stereocenters. The van der Waals surface area contributed by atoms with Gasteiger partial charge in [-0.3, -0.25) is 10.1 Å². The number of carbonyl (C=O) groups is 1. The minimum atomic E-state index is -4.35. The standard InChI is InChI=1S/C14H11NO7S/c1-21-14(16)12-7-2-3-8-13(12)22-23(19,20)11-6-4-5-10(9-11)15(17)18/h2-9H,1H3. The Morgan fingerprint density at radius 2 is 1.83 bits per heavy atom. The lowest BCUT2D eigenvalue weighted by Crippen LogP contribution is -2.13. The van der Waals surface area contributed by atoms with E-state index in [1.54, 1.807) is 0 Å². The lowest BCUT2D eigenvalue weighted by Gasteiger charge is -2.10. The Morgan fingerprint density at radius 3 is 2.48 bits per heavy atom. The average Bonchev–Trinajstić information content (AvgIpc) is 2.54. The summed E-state index contributed by atoms with van der Waals surface area (Å²) in [6.45, 7) is 0. The van der Waals surface area contributed by atoms with Gasteiger partial charge in [0.05, 0.1) is 12.0 Å². The Morgan fingerprint density at radius 1 is 1.13 bits per heavy atom. The van der Waals surface area contributed by atoms with Crippen LogP contribution in [-0.2, 0) is 14.9 Å². The summed E-state index contributed by atoms with van der Waals surface area (Å²) in [7, 11) is -3.20. The van der Waals surface area contributed by atoms with Gasteiger partial charge < -0.3 is 8.92 Å². The average molecular weight is 337 g/mol. The van der Waals surface area contributed by atoms with E-state index in [4.69, 9.17) is 4.18 Å². The van der Waals surface area contributed by atoms with Gasteiger partial charge in [0.15, 0.2) is 5.75 Å². The van der Waals surface area contributed by atoms with Crippen LogP contribution in [0.15, 0.2) is 53.4 Å². The number of hydrogen-bond acceptors (Lipinski definition) is 7. The van der Waals surface area contributed by atoms with E-state index >= 15 is 0 Å². The fraction of sp³-hybridized carbons (Fsp3) is 0.0714. The predicted molar refractivity (Wildman–Crippen MR) is 78.7 cm³/mol. The van der Waals surface area contributed by atoms with E-state index in [9.17, 15) is 23.3 Å². The largest absolute Gasteiger partial charge is 0.465 e. The summed E-state index contributed by atoms with van der Waals surface area (Å²) in [4.78, 5) is 21.2. The van der Waals surface area contributed by atoms with Crippen molar-refractivity contribution in [1.29, 1.82) is 0 Å². The normalized spacial score (nSPS) is 10.8. The quantitative estimate of drug-likeness (QED) is 0.355. The molecule has 0 saturated carbocycles. The van der Waals surface area contributed by atoms with Gasteiger partial charge in [0.1, 0.15) is 10.5 Å². The highest BCUT2D eigenvalue weighted by atomic mass is 32.2. The van der Waals surface area contributed by atoms with E-state index in [1.807, 2.05) is 0 Å². The van der Waals surface area contributed by atoms with E-state index in [2.05, 4.69) is 4.74 Å². The SMILES string of the molecule is COC(=O)c1ccccc1OS(=O)(=O)c1cccc([N+](=O)[O-])c1. The number of rotatable bonds is 5. The Bertz CT molecular complexity index is 861. The van der Waals surface area contributed by atoms with Gasteiger partial charge in [-0.05, 0) is 18.2 Å². The maximum Gasteiger partial charge on any atom is 0.341 e. The third-order valence-corrected chi connectivity index (χ3v) is 4.04. The van der Waals surface area contributed by atoms with Gasteiger partial charge in [0.25, 0.3) is 5.69 Å². The van der Waals surface area contributed by atoms with Gasteiger partial charge in [-0.15, -0.1) is 0 Å². The second-order valence-electron chi connectivity index (χ2n) is 4.28. The number of non-ortho nitro benzene ring substituents is 1. The van der Waals surface area contributed by atoms with Crippen molar-refractivity contribution in [3.8, 4) is 5.75 Å². The van der Waals surface area contributed by atoms with E-state index in [0.717, 1.165) is 25.3 Å². The third kappa shape index (κ3) is 3.64. The fourth-order valence-corrected chi connectivity index (χ4v) is 2.73. The van der Waals surface area contributed by atoms with Crippen LogP contribution in [0.3, 0.4) is 0 Å². The van der Waals surface area contributed by atoms with Gasteiger partial charge >= 0.3 is 16.1 Å². The van der Waals surface area contributed by atoms with Crippen molar-refractivity contribution in [2.75, 3.05) is 7.11 Å². The van der Waals surface area contributed by atoms with Gasteiger partial charge in [-0.1, -0.05) is 18.2 Å². The first kappa shape index (κ1) is 16.4. The smallest absolute Gasteiger partial charge is 0.341 e. The first-order chi connectivity index (χ1) is 10.8. The number of hydrogen-bond donors (Lipinski definition) is 0. The zero-order chi connectivity index (χ0) is 17.0. The zero-order valence-electron chi connectivity index (χ0n) is 11.8. The molecule has 0 amide bonds. The molecule has 0 unspecified atom stereocenters. The highest BCUT2D eigenvalue weighted by molar-refractivity contribution is 7.87. The first-order valence-corrected chi connectivity index (χ1v) is 7.62. The number of nitro benzene ring substituents is 1. The number of benzene rings is 2. The molecule has 0 radical (unpaired) electrons. The van der Waals surface area contributed by atoms with Crippen molar-refractivity contribution < 1.29 is 27.1 Å². The van der Waals surface area contributed by atoms with E-state index < -0.39 is 31.6 Å². The number of esters is 1. The molecule has 23 heavy (non-hydrogen) atoms. The second-order valence-corrected chi connectivity index (χ2v) is 5.83. The lowest BCUT2D eigenvalue weighted by molar-refractivity contribution is -0.385. The summed E-state index contributed by atoms with van der Waals surface area (Å²) in [5.41, 5.74) is -0.472. The fourth-order valence-electron chi connectivity index (χ4n) is 1.74. The van der Waals surface area contributed by atoms with Crippen LogP contribution in [-0.4, -0.2) is 26.4 Å². The molecule has 0 fully saturated rings. The minimum Gasteiger partial charge on any atom is -0.465 e. The Kier molecular flexibility index (Phi) is 4.60. The highest BCUT2D eigenvalue weighted by Gasteiger charge is 2.23. The molecule has 0 saturated heterocycles. The molecule has 0 bridgehead atoms. The van der Waals surface area contributed by atoms with Crippen LogP contribution >= 0.6 is 0 Å². The van der Waals surface area contributed by atoms with E-state index in [1.165, 1.54) is 30.3 Å². The van der Waals surface area contributed by atoms with Gasteiger partial charge in [-0.25, -0.2) is 4.79 Å². The summed E-state index contributed by atoms with van der Waals surface area (Å²) in [5, 5.41) is 10.7. The number of nitrogens with zero attached hydrogens (tertiary/aromatic N) is 1. The van der Waals surface area contributed by atoms with Crippen molar-refractivity contribution in [2.45, 2.75) is 4.90 Å². The van der Waals surface area contributed by atoms with Crippen molar-refractivity contribution >= 4 is 21.8 Å². The molecule has 2 rings (SSSR count). The van der Waals surface area contributed by atoms with Crippen LogP contribution in [0.1, 0.15) is 10.4 Å². The lowest BCUT2D eigenvalue weighted by atomic mass is 10.2. The summed E-state index contributed by atoms with van der Waals surface area (Å²) in [6.07, 6.45) is 0. The van der Waals surface area contributed by atoms with Crippen LogP contribution < -0.4 is 4.18 Å². The summed E-state index contributed by atoms with van der Waals surface area (Å²) in [6, 6.07) is 10.0. The Labute approximate surface area is 131 Å². The van der Waals surface area contributed by atoms with Crippen molar-refractivity contribution in [3.05, 3.63) is 64.2 Å². The molecule has 2 aromatic rings. The number of nitro groups is 1. The molecule has 0 aromatic heterocycles. The molecule has 0 aliphatic carbocycles. The van der Waals surface area contributed by atoms with E-state index in [-0.39, 0.29) is 11.3 Å². The molecule has 0 aliphatic rings. The summed E-state index contributed by atoms with van der Waals surface area (Å²) < 4.78 is 34.0. The first-order valence-electron chi connectivity index (χ1n) is 6.21. The van der Waals surface area contributed by atoms with Gasteiger partial charge in [-0.2, -0.15) is 8.42 Å². The molecule has 0 spiro atoms. The van der Waals surface area contributed by atoms with Crippen molar-refractivity contribution in [2.24, 2.45) is 0 Å². The summed E-state index contributed by atoms with van der Waals surface area (Å²) in [5.74, 6) is -0.999. The van der Waals surface area contributed by atoms with Crippen LogP contribution in [0.5, 0.6) is 5.75 Å². The van der Waals surface area contributed by atoms with Crippen LogP contribution in [0.4, 0.5) is 5.69 Å². The van der Waals surface area contributed by atoms with Crippen LogP contribution in [0.25, 0.3) is 0 Å². The number of ether oxygens (including phenoxy) is 1. The molecule has 2 aromatic carbocycles. The molecule has 120 valence electrons. The monoisotopic (exact) mass is 337 g/mol. The maximum atomic E-state index is 12.2. The molecule has 0 N–H and O–H groups in total. The van der Waals surface area contributed by atoms with Crippen LogP contribution in [0.2, 0.25) is 0 Å². The van der Waals surface area contributed by atoms with Crippen molar-refractivity contribution in [3.63, 3.8) is 0 Å². The topological polar surface area (TPSA) is 113 Å². The molecule has 8 nitrogen and oxygen atoms in total. The van der Waals surface area contributed by atoms with E-state index in [0.29, 0.717) is 0 Å². The second kappa shape index (κ2) is 6.44. The number of para-hydroxylation sites is 1. The molecule has 0 heterocycles. The Hall–Kier alpha value is -2.94. The highest BCUT2D eigenvalue weighted by Crippen LogP contribution is 2.25. The third-order valence-electron chi connectivity index (χ3n) is 2.81. The number of carbonyl (C=O) groups excluding carboxylic acids is 1. The van der Waals surface area contributed by atoms with Gasteiger partial charge in [0, 0.05) is 12.1 Å². The van der Waals surface area contributed by atoms with Crippen molar-refractivity contribution in [1.82, 2.24) is 0 Å². The molecular formula is C14H11NO7S. The Balaban J connectivity index is 2.42. The number of methoxy groups -OCH3 is 1. The van der Waals surface area contributed by atoms with Crippen LogP contribution in [0, 0.1) is 10.1 Å². The predicted octanol–water partition coefficient (Wildman–Crippen LogP) is 2.15. The summed E-state index contributed by atoms with van der Waals surface area (Å²) >= 11 is 0.